The van der Waals surface area contributed by atoms with E-state index in [1.54, 1.807) is 18.5 Å². The Morgan fingerprint density at radius 3 is 2.84 bits per heavy atom. The van der Waals surface area contributed by atoms with Crippen LogP contribution in [0, 0.1) is 0 Å². The number of aliphatic hydroxyl groups is 3. The summed E-state index contributed by atoms with van der Waals surface area (Å²) in [5.74, 6) is 0. The van der Waals surface area contributed by atoms with Gasteiger partial charge in [-0.2, -0.15) is 0 Å². The van der Waals surface area contributed by atoms with E-state index in [4.69, 9.17) is 9.84 Å². The first-order valence-corrected chi connectivity index (χ1v) is 5.97. The fraction of sp³-hybridized carbons (Fsp3) is 0.545. The summed E-state index contributed by atoms with van der Waals surface area (Å²) in [6.07, 6.45) is 0.360. The Kier molecular flexibility index (Phi) is 2.94. The zero-order chi connectivity index (χ0) is 13.6. The Bertz CT molecular complexity index is 452. The van der Waals surface area contributed by atoms with Gasteiger partial charge in [-0.3, -0.25) is 4.90 Å². The molecule has 3 rings (SSSR count). The number of carbonyl (C=O) groups is 1. The van der Waals surface area contributed by atoms with Crippen molar-refractivity contribution in [3.8, 4) is 0 Å². The van der Waals surface area contributed by atoms with Crippen LogP contribution in [-0.2, 0) is 4.74 Å². The summed E-state index contributed by atoms with van der Waals surface area (Å²) < 4.78 is 5.32. The second-order valence-electron chi connectivity index (χ2n) is 4.65. The average Bonchev–Trinajstić information content (AvgIpc) is 2.95. The summed E-state index contributed by atoms with van der Waals surface area (Å²) >= 11 is 0. The standard InChI is InChI=1S/C11H15N3O5/c15-4-6-7(16)8(17)10(19-6)14-3-5-1-2-12-9(5)13-11(14)18/h1-3,6-10,12,15-17H,4H2,(H,13,18)/t6-,7-,8-,9?,10?/m1/s1. The number of fused-ring (bicyclic) bond motifs is 1. The van der Waals surface area contributed by atoms with Crippen molar-refractivity contribution in [3.05, 3.63) is 24.0 Å². The third-order valence-corrected chi connectivity index (χ3v) is 3.45. The molecule has 0 aliphatic carbocycles. The van der Waals surface area contributed by atoms with Gasteiger partial charge in [0, 0.05) is 11.8 Å². The highest BCUT2D eigenvalue weighted by Crippen LogP contribution is 2.27. The molecule has 19 heavy (non-hydrogen) atoms. The van der Waals surface area contributed by atoms with E-state index in [9.17, 15) is 15.0 Å². The lowest BCUT2D eigenvalue weighted by atomic mass is 10.1. The molecule has 1 saturated heterocycles. The number of carbonyl (C=O) groups excluding carboxylic acids is 1. The number of nitrogens with one attached hydrogen (secondary N) is 2. The average molecular weight is 269 g/mol. The molecule has 3 heterocycles. The molecule has 5 atom stereocenters. The molecule has 8 heteroatoms. The molecular formula is C11H15N3O5. The highest BCUT2D eigenvalue weighted by molar-refractivity contribution is 5.78. The van der Waals surface area contributed by atoms with Crippen LogP contribution in [0.2, 0.25) is 0 Å². The third kappa shape index (κ3) is 1.89. The van der Waals surface area contributed by atoms with Crippen molar-refractivity contribution < 1.29 is 24.9 Å². The highest BCUT2D eigenvalue weighted by Gasteiger charge is 2.47. The molecule has 0 bridgehead atoms. The van der Waals surface area contributed by atoms with Gasteiger partial charge in [-0.25, -0.2) is 4.79 Å². The van der Waals surface area contributed by atoms with Gasteiger partial charge in [0.25, 0.3) is 0 Å². The zero-order valence-electron chi connectivity index (χ0n) is 9.93. The summed E-state index contributed by atoms with van der Waals surface area (Å²) in [5, 5.41) is 34.2. The molecule has 0 aromatic rings. The lowest BCUT2D eigenvalue weighted by molar-refractivity contribution is -0.0664. The van der Waals surface area contributed by atoms with E-state index in [0.29, 0.717) is 0 Å². The van der Waals surface area contributed by atoms with Crippen LogP contribution in [0.3, 0.4) is 0 Å². The van der Waals surface area contributed by atoms with Gasteiger partial charge in [0.2, 0.25) is 0 Å². The number of aliphatic hydroxyl groups excluding tert-OH is 3. The second kappa shape index (κ2) is 4.49. The Morgan fingerprint density at radius 1 is 1.37 bits per heavy atom. The first-order chi connectivity index (χ1) is 9.11. The van der Waals surface area contributed by atoms with Gasteiger partial charge < -0.3 is 30.7 Å². The number of ether oxygens (including phenoxy) is 1. The third-order valence-electron chi connectivity index (χ3n) is 3.45. The number of amides is 2. The minimum Gasteiger partial charge on any atom is -0.394 e. The molecule has 0 radical (unpaired) electrons. The maximum Gasteiger partial charge on any atom is 0.325 e. The summed E-state index contributed by atoms with van der Waals surface area (Å²) in [4.78, 5) is 13.1. The van der Waals surface area contributed by atoms with Crippen LogP contribution in [0.5, 0.6) is 0 Å². The maximum absolute atomic E-state index is 11.9. The Balaban J connectivity index is 1.84. The largest absolute Gasteiger partial charge is 0.394 e. The van der Waals surface area contributed by atoms with E-state index in [1.165, 1.54) is 4.90 Å². The van der Waals surface area contributed by atoms with E-state index < -0.39 is 37.2 Å². The van der Waals surface area contributed by atoms with Gasteiger partial charge in [-0.15, -0.1) is 0 Å². The molecule has 5 N–H and O–H groups in total. The summed E-state index contributed by atoms with van der Waals surface area (Å²) in [7, 11) is 0. The number of hydrogen-bond donors (Lipinski definition) is 5. The van der Waals surface area contributed by atoms with E-state index in [-0.39, 0.29) is 6.17 Å². The monoisotopic (exact) mass is 269 g/mol. The number of urea groups is 1. The van der Waals surface area contributed by atoms with Crippen molar-refractivity contribution in [2.45, 2.75) is 30.7 Å². The van der Waals surface area contributed by atoms with Crippen LogP contribution in [0.15, 0.2) is 24.0 Å². The molecule has 0 spiro atoms. The van der Waals surface area contributed by atoms with E-state index >= 15 is 0 Å². The van der Waals surface area contributed by atoms with Crippen molar-refractivity contribution in [2.75, 3.05) is 6.61 Å². The minimum atomic E-state index is -1.27. The van der Waals surface area contributed by atoms with Gasteiger partial charge in [-0.1, -0.05) is 0 Å². The molecule has 2 amide bonds. The van der Waals surface area contributed by atoms with Crippen molar-refractivity contribution in [3.63, 3.8) is 0 Å². The van der Waals surface area contributed by atoms with E-state index in [1.807, 2.05) is 0 Å². The normalized spacial score (nSPS) is 40.8. The maximum atomic E-state index is 11.9. The molecule has 3 aliphatic heterocycles. The number of nitrogens with zero attached hydrogens (tertiary/aromatic N) is 1. The van der Waals surface area contributed by atoms with E-state index in [2.05, 4.69) is 10.6 Å². The molecule has 104 valence electrons. The molecule has 2 unspecified atom stereocenters. The van der Waals surface area contributed by atoms with Gasteiger partial charge in [0.15, 0.2) is 6.23 Å². The second-order valence-corrected chi connectivity index (χ2v) is 4.65. The van der Waals surface area contributed by atoms with Crippen LogP contribution < -0.4 is 10.6 Å². The van der Waals surface area contributed by atoms with Gasteiger partial charge >= 0.3 is 6.03 Å². The zero-order valence-corrected chi connectivity index (χ0v) is 9.93. The molecule has 0 aromatic carbocycles. The summed E-state index contributed by atoms with van der Waals surface area (Å²) in [5.41, 5.74) is 0.817. The quantitative estimate of drug-likeness (QED) is 0.388. The van der Waals surface area contributed by atoms with Crippen LogP contribution in [0.25, 0.3) is 0 Å². The first-order valence-electron chi connectivity index (χ1n) is 5.97. The molecule has 8 nitrogen and oxygen atoms in total. The van der Waals surface area contributed by atoms with Crippen molar-refractivity contribution in [2.24, 2.45) is 0 Å². The van der Waals surface area contributed by atoms with Crippen LogP contribution in [-0.4, -0.2) is 63.6 Å². The molecule has 0 aromatic heterocycles. The molecule has 3 aliphatic rings. The Labute approximate surface area is 109 Å². The highest BCUT2D eigenvalue weighted by atomic mass is 16.6. The molecule has 1 fully saturated rings. The SMILES string of the molecule is O=C1NC2NC=CC2=CN1C1O[C@H](CO)[C@@H](O)[C@H]1O. The van der Waals surface area contributed by atoms with Gasteiger partial charge in [-0.05, 0) is 12.3 Å². The summed E-state index contributed by atoms with van der Waals surface area (Å²) in [6, 6.07) is -0.445. The minimum absolute atomic E-state index is 0.277. The Hall–Kier alpha value is -1.61. The summed E-state index contributed by atoms with van der Waals surface area (Å²) in [6.45, 7) is -0.426. The van der Waals surface area contributed by atoms with Crippen molar-refractivity contribution in [1.82, 2.24) is 15.5 Å². The molecule has 0 saturated carbocycles. The van der Waals surface area contributed by atoms with Crippen LogP contribution in [0.1, 0.15) is 0 Å². The number of rotatable bonds is 2. The lowest BCUT2D eigenvalue weighted by Gasteiger charge is -2.33. The fourth-order valence-corrected chi connectivity index (χ4v) is 2.39. The van der Waals surface area contributed by atoms with Crippen LogP contribution >= 0.6 is 0 Å². The molecular weight excluding hydrogens is 254 g/mol. The first kappa shape index (κ1) is 12.4. The lowest BCUT2D eigenvalue weighted by Crippen LogP contribution is -2.56. The predicted molar refractivity (Wildman–Crippen MR) is 62.3 cm³/mol. The van der Waals surface area contributed by atoms with Crippen molar-refractivity contribution >= 4 is 6.03 Å². The van der Waals surface area contributed by atoms with Crippen molar-refractivity contribution in [1.29, 1.82) is 0 Å². The fourth-order valence-electron chi connectivity index (χ4n) is 2.39. The predicted octanol–water partition coefficient (Wildman–Crippen LogP) is -2.22. The van der Waals surface area contributed by atoms with E-state index in [0.717, 1.165) is 5.57 Å². The smallest absolute Gasteiger partial charge is 0.325 e. The Morgan fingerprint density at radius 2 is 2.16 bits per heavy atom. The van der Waals surface area contributed by atoms with Crippen LogP contribution in [0.4, 0.5) is 4.79 Å². The van der Waals surface area contributed by atoms with Gasteiger partial charge in [0.05, 0.1) is 6.61 Å². The van der Waals surface area contributed by atoms with Gasteiger partial charge in [0.1, 0.15) is 24.5 Å². The number of hydrogen-bond acceptors (Lipinski definition) is 6. The topological polar surface area (TPSA) is 114 Å².